The molecule has 4 aromatic rings. The Hall–Kier alpha value is -2.75. The lowest BCUT2D eigenvalue weighted by Gasteiger charge is -2.15. The Morgan fingerprint density at radius 2 is 1.79 bits per heavy atom. The van der Waals surface area contributed by atoms with Gasteiger partial charge in [0.15, 0.2) is 5.82 Å². The van der Waals surface area contributed by atoms with Crippen molar-refractivity contribution in [2.45, 2.75) is 0 Å². The maximum atomic E-state index is 6.34. The van der Waals surface area contributed by atoms with E-state index in [0.717, 1.165) is 22.3 Å². The van der Waals surface area contributed by atoms with E-state index in [9.17, 15) is 0 Å². The van der Waals surface area contributed by atoms with Gasteiger partial charge in [0, 0.05) is 23.0 Å². The minimum atomic E-state index is -0.257. The van der Waals surface area contributed by atoms with Crippen LogP contribution in [0.15, 0.2) is 67.0 Å². The zero-order valence-corrected chi connectivity index (χ0v) is 17.2. The molecule has 0 bridgehead atoms. The molecule has 2 N–H and O–H groups in total. The first-order chi connectivity index (χ1) is 13.6. The van der Waals surface area contributed by atoms with Crippen molar-refractivity contribution in [1.29, 1.82) is 0 Å². The van der Waals surface area contributed by atoms with E-state index in [1.807, 2.05) is 48.5 Å². The van der Waals surface area contributed by atoms with E-state index in [1.165, 1.54) is 5.30 Å². The number of fused-ring (bicyclic) bond motifs is 1. The highest BCUT2D eigenvalue weighted by Crippen LogP contribution is 2.31. The maximum absolute atomic E-state index is 6.34. The normalized spacial score (nSPS) is 11.0. The second-order valence-corrected chi connectivity index (χ2v) is 9.14. The van der Waals surface area contributed by atoms with Crippen LogP contribution in [-0.2, 0) is 0 Å². The van der Waals surface area contributed by atoms with E-state index >= 15 is 0 Å². The number of hydrogen-bond acceptors (Lipinski definition) is 5. The van der Waals surface area contributed by atoms with Crippen LogP contribution < -0.4 is 15.9 Å². The third-order valence-electron chi connectivity index (χ3n) is 4.24. The summed E-state index contributed by atoms with van der Waals surface area (Å²) in [4.78, 5) is 13.2. The second-order valence-electron chi connectivity index (χ2n) is 6.46. The van der Waals surface area contributed by atoms with E-state index in [4.69, 9.17) is 11.6 Å². The number of anilines is 4. The molecule has 0 saturated carbocycles. The summed E-state index contributed by atoms with van der Waals surface area (Å²) in [6.45, 7) is 4.44. The van der Waals surface area contributed by atoms with Gasteiger partial charge in [-0.25, -0.2) is 4.98 Å². The molecule has 0 aliphatic heterocycles. The van der Waals surface area contributed by atoms with Crippen molar-refractivity contribution >= 4 is 58.9 Å². The molecule has 28 heavy (non-hydrogen) atoms. The Morgan fingerprint density at radius 3 is 2.64 bits per heavy atom. The smallest absolute Gasteiger partial charge is 0.229 e. The molecule has 0 spiro atoms. The molecular formula is C21H19ClN5P. The molecule has 5 nitrogen and oxygen atoms in total. The van der Waals surface area contributed by atoms with Crippen molar-refractivity contribution in [2.24, 2.45) is 0 Å². The van der Waals surface area contributed by atoms with E-state index in [2.05, 4.69) is 45.0 Å². The summed E-state index contributed by atoms with van der Waals surface area (Å²) in [7, 11) is -0.257. The summed E-state index contributed by atoms with van der Waals surface area (Å²) in [6, 6.07) is 18.1. The van der Waals surface area contributed by atoms with Gasteiger partial charge in [0.1, 0.15) is 5.02 Å². The fourth-order valence-corrected chi connectivity index (χ4v) is 4.03. The largest absolute Gasteiger partial charge is 0.338 e. The standard InChI is InChI=1S/C21H19ClN5P/c1-28(2)19-8-4-3-7-18(19)26-20-16(22)13-24-21(27-20)25-15-9-10-17-14(12-15)6-5-11-23-17/h3-13H,1-2H3,(H2,24,25,26,27). The summed E-state index contributed by atoms with van der Waals surface area (Å²) < 4.78 is 0. The first-order valence-corrected chi connectivity index (χ1v) is 11.4. The fourth-order valence-electron chi connectivity index (χ4n) is 2.89. The fraction of sp³-hybridized carbons (Fsp3) is 0.0952. The van der Waals surface area contributed by atoms with Crippen molar-refractivity contribution in [2.75, 3.05) is 24.0 Å². The number of para-hydroxylation sites is 1. The SMILES string of the molecule is CP(C)c1ccccc1Nc1nc(Nc2ccc3ncccc3c2)ncc1Cl. The quantitative estimate of drug-likeness (QED) is 0.426. The molecule has 0 radical (unpaired) electrons. The van der Waals surface area contributed by atoms with Crippen molar-refractivity contribution in [3.63, 3.8) is 0 Å². The number of rotatable bonds is 5. The third kappa shape index (κ3) is 4.06. The van der Waals surface area contributed by atoms with Gasteiger partial charge in [0.05, 0.1) is 11.7 Å². The topological polar surface area (TPSA) is 62.7 Å². The molecule has 2 aromatic heterocycles. The van der Waals surface area contributed by atoms with Gasteiger partial charge >= 0.3 is 0 Å². The molecule has 0 aliphatic rings. The lowest BCUT2D eigenvalue weighted by Crippen LogP contribution is -2.09. The van der Waals surface area contributed by atoms with Gasteiger partial charge in [0.25, 0.3) is 0 Å². The van der Waals surface area contributed by atoms with Crippen molar-refractivity contribution in [1.82, 2.24) is 15.0 Å². The van der Waals surface area contributed by atoms with Crippen molar-refractivity contribution in [3.05, 3.63) is 72.0 Å². The maximum Gasteiger partial charge on any atom is 0.229 e. The van der Waals surface area contributed by atoms with Gasteiger partial charge in [-0.15, -0.1) is 0 Å². The first-order valence-electron chi connectivity index (χ1n) is 8.78. The molecule has 0 amide bonds. The van der Waals surface area contributed by atoms with Crippen LogP contribution in [0.1, 0.15) is 0 Å². The Labute approximate surface area is 170 Å². The van der Waals surface area contributed by atoms with Crippen LogP contribution in [0.4, 0.5) is 23.1 Å². The van der Waals surface area contributed by atoms with Gasteiger partial charge in [0.2, 0.25) is 5.95 Å². The Morgan fingerprint density at radius 1 is 0.929 bits per heavy atom. The number of benzene rings is 2. The van der Waals surface area contributed by atoms with Crippen LogP contribution in [0.2, 0.25) is 5.02 Å². The van der Waals surface area contributed by atoms with Crippen LogP contribution in [0.25, 0.3) is 10.9 Å². The number of aromatic nitrogens is 3. The van der Waals surface area contributed by atoms with Crippen LogP contribution in [0, 0.1) is 0 Å². The Balaban J connectivity index is 1.62. The predicted octanol–water partition coefficient (Wildman–Crippen LogP) is 5.53. The van der Waals surface area contributed by atoms with E-state index < -0.39 is 0 Å². The van der Waals surface area contributed by atoms with E-state index in [-0.39, 0.29) is 7.92 Å². The summed E-state index contributed by atoms with van der Waals surface area (Å²) in [5, 5.41) is 9.39. The van der Waals surface area contributed by atoms with Crippen LogP contribution in [0.5, 0.6) is 0 Å². The minimum Gasteiger partial charge on any atom is -0.338 e. The molecule has 0 saturated heterocycles. The summed E-state index contributed by atoms with van der Waals surface area (Å²) in [5.41, 5.74) is 2.85. The number of halogens is 1. The van der Waals surface area contributed by atoms with Crippen molar-refractivity contribution in [3.8, 4) is 0 Å². The van der Waals surface area contributed by atoms with Gasteiger partial charge < -0.3 is 10.6 Å². The molecule has 7 heteroatoms. The lowest BCUT2D eigenvalue weighted by atomic mass is 10.2. The average Bonchev–Trinajstić information content (AvgIpc) is 2.71. The highest BCUT2D eigenvalue weighted by molar-refractivity contribution is 7.64. The second kappa shape index (κ2) is 8.09. The summed E-state index contributed by atoms with van der Waals surface area (Å²) in [6.07, 6.45) is 3.39. The van der Waals surface area contributed by atoms with Gasteiger partial charge in [-0.1, -0.05) is 43.8 Å². The molecule has 0 unspecified atom stereocenters. The van der Waals surface area contributed by atoms with E-state index in [1.54, 1.807) is 12.4 Å². The highest BCUT2D eigenvalue weighted by atomic mass is 35.5. The number of pyridine rings is 1. The molecule has 0 fully saturated rings. The Bertz CT molecular complexity index is 1130. The number of hydrogen-bond donors (Lipinski definition) is 2. The molecular weight excluding hydrogens is 389 g/mol. The summed E-state index contributed by atoms with van der Waals surface area (Å²) in [5.74, 6) is 1.05. The monoisotopic (exact) mass is 407 g/mol. The predicted molar refractivity (Wildman–Crippen MR) is 120 cm³/mol. The highest BCUT2D eigenvalue weighted by Gasteiger charge is 2.10. The zero-order valence-electron chi connectivity index (χ0n) is 15.5. The molecule has 0 atom stereocenters. The zero-order chi connectivity index (χ0) is 19.5. The lowest BCUT2D eigenvalue weighted by molar-refractivity contribution is 1.17. The van der Waals surface area contributed by atoms with Gasteiger partial charge in [-0.05, 0) is 49.0 Å². The van der Waals surface area contributed by atoms with E-state index in [0.29, 0.717) is 16.8 Å². The number of nitrogens with one attached hydrogen (secondary N) is 2. The van der Waals surface area contributed by atoms with Crippen LogP contribution in [0.3, 0.4) is 0 Å². The third-order valence-corrected chi connectivity index (χ3v) is 5.87. The molecule has 4 rings (SSSR count). The van der Waals surface area contributed by atoms with Crippen LogP contribution in [-0.4, -0.2) is 28.3 Å². The molecule has 0 aliphatic carbocycles. The molecule has 2 heterocycles. The molecule has 2 aromatic carbocycles. The molecule has 140 valence electrons. The summed E-state index contributed by atoms with van der Waals surface area (Å²) >= 11 is 6.34. The first kappa shape index (κ1) is 18.6. The van der Waals surface area contributed by atoms with Crippen molar-refractivity contribution < 1.29 is 0 Å². The number of nitrogens with zero attached hydrogens (tertiary/aromatic N) is 3. The Kier molecular flexibility index (Phi) is 5.38. The van der Waals surface area contributed by atoms with Gasteiger partial charge in [-0.3, -0.25) is 4.98 Å². The van der Waals surface area contributed by atoms with Crippen LogP contribution >= 0.6 is 19.5 Å². The van der Waals surface area contributed by atoms with Gasteiger partial charge in [-0.2, -0.15) is 4.98 Å². The minimum absolute atomic E-state index is 0.257. The average molecular weight is 408 g/mol.